The van der Waals surface area contributed by atoms with E-state index in [0.717, 1.165) is 19.3 Å². The molecule has 1 atom stereocenters. The third kappa shape index (κ3) is 4.11. The molecule has 0 aliphatic carbocycles. The van der Waals surface area contributed by atoms with Crippen LogP contribution in [0.5, 0.6) is 0 Å². The maximum atomic E-state index is 13.1. The Kier molecular flexibility index (Phi) is 6.22. The first kappa shape index (κ1) is 22.9. The van der Waals surface area contributed by atoms with Gasteiger partial charge in [0.1, 0.15) is 5.54 Å². The summed E-state index contributed by atoms with van der Waals surface area (Å²) in [6.45, 7) is 2.74. The first-order valence-electron chi connectivity index (χ1n) is 10.9. The van der Waals surface area contributed by atoms with E-state index in [1.165, 1.54) is 28.6 Å². The largest absolute Gasteiger partial charge is 0.344 e. The summed E-state index contributed by atoms with van der Waals surface area (Å²) in [7, 11) is -3.62. The van der Waals surface area contributed by atoms with Crippen LogP contribution >= 0.6 is 0 Å². The lowest BCUT2D eigenvalue weighted by Gasteiger charge is -2.26. The fourth-order valence-electron chi connectivity index (χ4n) is 4.24. The van der Waals surface area contributed by atoms with Crippen molar-refractivity contribution >= 4 is 27.9 Å². The second kappa shape index (κ2) is 8.95. The number of piperidine rings is 1. The summed E-state index contributed by atoms with van der Waals surface area (Å²) in [5.41, 5.74) is 1.83. The van der Waals surface area contributed by atoms with Crippen LogP contribution < -0.4 is 10.7 Å². The molecule has 33 heavy (non-hydrogen) atoms. The Labute approximate surface area is 192 Å². The summed E-state index contributed by atoms with van der Waals surface area (Å²) >= 11 is 0. The van der Waals surface area contributed by atoms with Crippen LogP contribution in [0, 0.1) is 0 Å². The van der Waals surface area contributed by atoms with E-state index in [1.807, 2.05) is 6.07 Å². The molecule has 2 aromatic rings. The van der Waals surface area contributed by atoms with E-state index in [1.54, 1.807) is 31.2 Å². The van der Waals surface area contributed by atoms with Crippen molar-refractivity contribution in [2.75, 3.05) is 13.1 Å². The summed E-state index contributed by atoms with van der Waals surface area (Å²) in [6.07, 6.45) is 2.97. The second-order valence-corrected chi connectivity index (χ2v) is 10.1. The molecule has 2 heterocycles. The van der Waals surface area contributed by atoms with Crippen LogP contribution in [0.3, 0.4) is 0 Å². The fourth-order valence-corrected chi connectivity index (χ4v) is 5.75. The van der Waals surface area contributed by atoms with Gasteiger partial charge in [0.05, 0.1) is 4.90 Å². The average Bonchev–Trinajstić information content (AvgIpc) is 3.10. The third-order valence-electron chi connectivity index (χ3n) is 6.17. The van der Waals surface area contributed by atoms with Crippen LogP contribution in [-0.2, 0) is 20.4 Å². The molecule has 2 aliphatic heterocycles. The maximum absolute atomic E-state index is 13.1. The van der Waals surface area contributed by atoms with Crippen molar-refractivity contribution in [1.29, 1.82) is 0 Å². The van der Waals surface area contributed by atoms with Gasteiger partial charge in [-0.1, -0.05) is 43.7 Å². The number of urea groups is 1. The summed E-state index contributed by atoms with van der Waals surface area (Å²) < 4.78 is 27.0. The van der Waals surface area contributed by atoms with E-state index in [0.29, 0.717) is 30.1 Å². The van der Waals surface area contributed by atoms with Crippen LogP contribution in [-0.4, -0.2) is 48.7 Å². The quantitative estimate of drug-likeness (QED) is 0.629. The standard InChI is InChI=1S/C23H26N4O5S/c1-2-23(18-9-5-3-6-10-18)21(29)27(22(30)24-23)25-20(28)17-11-13-19(14-12-17)33(31,32)26-15-7-4-8-16-26/h3,5-6,9-14H,2,4,7-8,15-16H2,1H3,(H,24,30)(H,25,28). The van der Waals surface area contributed by atoms with E-state index in [2.05, 4.69) is 10.7 Å². The van der Waals surface area contributed by atoms with Gasteiger partial charge in [-0.05, 0) is 49.1 Å². The molecule has 0 radical (unpaired) electrons. The van der Waals surface area contributed by atoms with Crippen molar-refractivity contribution in [3.63, 3.8) is 0 Å². The molecule has 2 N–H and O–H groups in total. The molecule has 4 rings (SSSR count). The van der Waals surface area contributed by atoms with Crippen molar-refractivity contribution in [2.24, 2.45) is 0 Å². The first-order valence-corrected chi connectivity index (χ1v) is 12.4. The lowest BCUT2D eigenvalue weighted by atomic mass is 9.87. The molecular formula is C23H26N4O5S. The first-order chi connectivity index (χ1) is 15.8. The second-order valence-electron chi connectivity index (χ2n) is 8.13. The number of nitrogens with one attached hydrogen (secondary N) is 2. The number of rotatable bonds is 6. The number of hydrazine groups is 1. The number of carbonyl (C=O) groups is 3. The van der Waals surface area contributed by atoms with Crippen LogP contribution in [0.1, 0.15) is 48.5 Å². The van der Waals surface area contributed by atoms with Gasteiger partial charge in [0.25, 0.3) is 11.8 Å². The summed E-state index contributed by atoms with van der Waals surface area (Å²) in [5.74, 6) is -1.28. The number of benzene rings is 2. The molecule has 4 amide bonds. The normalized spacial score (nSPS) is 21.7. The minimum Gasteiger partial charge on any atom is -0.318 e. The van der Waals surface area contributed by atoms with Gasteiger partial charge in [-0.2, -0.15) is 9.31 Å². The third-order valence-corrected chi connectivity index (χ3v) is 8.08. The van der Waals surface area contributed by atoms with Gasteiger partial charge in [0, 0.05) is 18.7 Å². The highest BCUT2D eigenvalue weighted by atomic mass is 32.2. The van der Waals surface area contributed by atoms with Crippen LogP contribution in [0.25, 0.3) is 0 Å². The number of imide groups is 1. The minimum atomic E-state index is -3.62. The molecule has 0 bridgehead atoms. The summed E-state index contributed by atoms with van der Waals surface area (Å²) in [6, 6.07) is 13.6. The Bertz CT molecular complexity index is 1160. The number of amides is 4. The molecule has 2 aliphatic rings. The van der Waals surface area contributed by atoms with Gasteiger partial charge < -0.3 is 5.32 Å². The molecule has 2 saturated heterocycles. The monoisotopic (exact) mass is 470 g/mol. The van der Waals surface area contributed by atoms with E-state index >= 15 is 0 Å². The zero-order valence-electron chi connectivity index (χ0n) is 18.3. The van der Waals surface area contributed by atoms with Gasteiger partial charge in [-0.15, -0.1) is 0 Å². The highest BCUT2D eigenvalue weighted by Crippen LogP contribution is 2.31. The molecule has 174 valence electrons. The highest BCUT2D eigenvalue weighted by Gasteiger charge is 2.52. The number of hydrogen-bond donors (Lipinski definition) is 2. The Hall–Kier alpha value is -3.24. The molecule has 0 spiro atoms. The Balaban J connectivity index is 1.50. The van der Waals surface area contributed by atoms with Crippen molar-refractivity contribution in [2.45, 2.75) is 43.0 Å². The topological polar surface area (TPSA) is 116 Å². The Morgan fingerprint density at radius 2 is 1.64 bits per heavy atom. The minimum absolute atomic E-state index is 0.102. The highest BCUT2D eigenvalue weighted by molar-refractivity contribution is 7.89. The molecule has 0 aromatic heterocycles. The molecule has 10 heteroatoms. The zero-order valence-corrected chi connectivity index (χ0v) is 19.1. The smallest absolute Gasteiger partial charge is 0.318 e. The van der Waals surface area contributed by atoms with E-state index in [4.69, 9.17) is 0 Å². The molecule has 2 aromatic carbocycles. The summed E-state index contributed by atoms with van der Waals surface area (Å²) in [5, 5.41) is 3.37. The van der Waals surface area contributed by atoms with Gasteiger partial charge in [-0.3, -0.25) is 15.0 Å². The van der Waals surface area contributed by atoms with Gasteiger partial charge in [0.2, 0.25) is 10.0 Å². The lowest BCUT2D eigenvalue weighted by Crippen LogP contribution is -2.48. The summed E-state index contributed by atoms with van der Waals surface area (Å²) in [4.78, 5) is 38.5. The van der Waals surface area contributed by atoms with Gasteiger partial charge >= 0.3 is 6.03 Å². The maximum Gasteiger partial charge on any atom is 0.344 e. The Morgan fingerprint density at radius 3 is 2.24 bits per heavy atom. The predicted octanol–water partition coefficient (Wildman–Crippen LogP) is 2.36. The van der Waals surface area contributed by atoms with Crippen molar-refractivity contribution < 1.29 is 22.8 Å². The molecule has 0 saturated carbocycles. The van der Waals surface area contributed by atoms with Crippen LogP contribution in [0.4, 0.5) is 4.79 Å². The SMILES string of the molecule is CCC1(c2ccccc2)NC(=O)N(NC(=O)c2ccc(S(=O)(=O)N3CCCCC3)cc2)C1=O. The average molecular weight is 471 g/mol. The van der Waals surface area contributed by atoms with Crippen LogP contribution in [0.15, 0.2) is 59.5 Å². The predicted molar refractivity (Wildman–Crippen MR) is 120 cm³/mol. The van der Waals surface area contributed by atoms with E-state index in [9.17, 15) is 22.8 Å². The van der Waals surface area contributed by atoms with Crippen LogP contribution in [0.2, 0.25) is 0 Å². The van der Waals surface area contributed by atoms with Gasteiger partial charge in [-0.25, -0.2) is 13.2 Å². The number of carbonyl (C=O) groups excluding carboxylic acids is 3. The fraction of sp³-hybridized carbons (Fsp3) is 0.348. The van der Waals surface area contributed by atoms with Crippen molar-refractivity contribution in [3.05, 3.63) is 65.7 Å². The molecule has 2 fully saturated rings. The zero-order chi connectivity index (χ0) is 23.6. The molecule has 9 nitrogen and oxygen atoms in total. The van der Waals surface area contributed by atoms with E-state index < -0.39 is 33.4 Å². The van der Waals surface area contributed by atoms with E-state index in [-0.39, 0.29) is 10.5 Å². The van der Waals surface area contributed by atoms with Crippen molar-refractivity contribution in [3.8, 4) is 0 Å². The Morgan fingerprint density at radius 1 is 1.00 bits per heavy atom. The number of sulfonamides is 1. The number of hydrogen-bond acceptors (Lipinski definition) is 5. The van der Waals surface area contributed by atoms with Crippen molar-refractivity contribution in [1.82, 2.24) is 20.1 Å². The molecular weight excluding hydrogens is 444 g/mol. The lowest BCUT2D eigenvalue weighted by molar-refractivity contribution is -0.133. The van der Waals surface area contributed by atoms with Gasteiger partial charge in [0.15, 0.2) is 0 Å². The number of nitrogens with zero attached hydrogens (tertiary/aromatic N) is 2. The molecule has 1 unspecified atom stereocenters.